The van der Waals surface area contributed by atoms with Crippen molar-refractivity contribution in [2.24, 2.45) is 0 Å². The lowest BCUT2D eigenvalue weighted by Crippen LogP contribution is -2.36. The van der Waals surface area contributed by atoms with Gasteiger partial charge in [0.1, 0.15) is 12.4 Å². The standard InChI is InChI=1S/C15H23ClN2O2/c1-4-17-12(2)10-15(19)18(3)8-9-20-14-7-5-6-13(16)11-14/h5-7,11-12,17H,4,8-10H2,1-3H3. The van der Waals surface area contributed by atoms with Crippen LogP contribution in [-0.4, -0.2) is 43.6 Å². The summed E-state index contributed by atoms with van der Waals surface area (Å²) in [5.41, 5.74) is 0. The van der Waals surface area contributed by atoms with Crippen molar-refractivity contribution in [3.05, 3.63) is 29.3 Å². The fraction of sp³-hybridized carbons (Fsp3) is 0.533. The quantitative estimate of drug-likeness (QED) is 0.802. The maximum Gasteiger partial charge on any atom is 0.223 e. The van der Waals surface area contributed by atoms with E-state index in [2.05, 4.69) is 5.32 Å². The molecule has 0 aliphatic rings. The Labute approximate surface area is 126 Å². The maximum absolute atomic E-state index is 11.9. The molecule has 0 saturated carbocycles. The molecule has 0 radical (unpaired) electrons. The molecule has 0 bridgehead atoms. The Kier molecular flexibility index (Phi) is 7.41. The molecule has 1 unspecified atom stereocenters. The lowest BCUT2D eigenvalue weighted by Gasteiger charge is -2.20. The van der Waals surface area contributed by atoms with Crippen LogP contribution in [0.15, 0.2) is 24.3 Å². The summed E-state index contributed by atoms with van der Waals surface area (Å²) < 4.78 is 5.57. The topological polar surface area (TPSA) is 41.6 Å². The average molecular weight is 299 g/mol. The van der Waals surface area contributed by atoms with Gasteiger partial charge in [-0.1, -0.05) is 24.6 Å². The zero-order valence-electron chi connectivity index (χ0n) is 12.4. The molecule has 0 aromatic heterocycles. The summed E-state index contributed by atoms with van der Waals surface area (Å²) in [6, 6.07) is 7.44. The predicted octanol–water partition coefficient (Wildman–Crippen LogP) is 2.57. The first-order chi connectivity index (χ1) is 9.52. The molecular weight excluding hydrogens is 276 g/mol. The zero-order chi connectivity index (χ0) is 15.0. The third-order valence-electron chi connectivity index (χ3n) is 2.95. The van der Waals surface area contributed by atoms with Crippen LogP contribution < -0.4 is 10.1 Å². The van der Waals surface area contributed by atoms with E-state index in [9.17, 15) is 4.79 Å². The summed E-state index contributed by atoms with van der Waals surface area (Å²) in [4.78, 5) is 13.6. The smallest absolute Gasteiger partial charge is 0.223 e. The van der Waals surface area contributed by atoms with Gasteiger partial charge in [-0.25, -0.2) is 0 Å². The summed E-state index contributed by atoms with van der Waals surface area (Å²) in [6.45, 7) is 5.93. The van der Waals surface area contributed by atoms with Gasteiger partial charge >= 0.3 is 0 Å². The van der Waals surface area contributed by atoms with Crippen molar-refractivity contribution in [3.8, 4) is 5.75 Å². The van der Waals surface area contributed by atoms with E-state index >= 15 is 0 Å². The molecule has 0 aliphatic carbocycles. The molecule has 1 aromatic rings. The molecule has 1 amide bonds. The van der Waals surface area contributed by atoms with Gasteiger partial charge in [0.05, 0.1) is 6.54 Å². The van der Waals surface area contributed by atoms with E-state index in [0.29, 0.717) is 24.6 Å². The number of halogens is 1. The highest BCUT2D eigenvalue weighted by Gasteiger charge is 2.12. The van der Waals surface area contributed by atoms with Crippen LogP contribution in [0.4, 0.5) is 0 Å². The van der Waals surface area contributed by atoms with Gasteiger partial charge in [-0.2, -0.15) is 0 Å². The summed E-state index contributed by atoms with van der Waals surface area (Å²) in [6.07, 6.45) is 0.501. The number of ether oxygens (including phenoxy) is 1. The van der Waals surface area contributed by atoms with Crippen molar-refractivity contribution >= 4 is 17.5 Å². The Morgan fingerprint density at radius 3 is 2.90 bits per heavy atom. The largest absolute Gasteiger partial charge is 0.492 e. The fourth-order valence-corrected chi connectivity index (χ4v) is 2.00. The molecule has 0 aliphatic heterocycles. The van der Waals surface area contributed by atoms with Crippen LogP contribution in [-0.2, 0) is 4.79 Å². The summed E-state index contributed by atoms with van der Waals surface area (Å²) in [5.74, 6) is 0.840. The molecule has 112 valence electrons. The number of likely N-dealkylation sites (N-methyl/N-ethyl adjacent to an activating group) is 1. The minimum absolute atomic E-state index is 0.119. The van der Waals surface area contributed by atoms with Crippen LogP contribution in [0.25, 0.3) is 0 Å². The monoisotopic (exact) mass is 298 g/mol. The van der Waals surface area contributed by atoms with Gasteiger partial charge in [0, 0.05) is 24.5 Å². The third kappa shape index (κ3) is 6.26. The Morgan fingerprint density at radius 2 is 2.25 bits per heavy atom. The van der Waals surface area contributed by atoms with Crippen molar-refractivity contribution in [1.82, 2.24) is 10.2 Å². The summed E-state index contributed by atoms with van der Waals surface area (Å²) in [5, 5.41) is 3.87. The number of carbonyl (C=O) groups is 1. The minimum Gasteiger partial charge on any atom is -0.492 e. The summed E-state index contributed by atoms with van der Waals surface area (Å²) in [7, 11) is 1.79. The molecule has 0 fully saturated rings. The third-order valence-corrected chi connectivity index (χ3v) is 3.19. The Morgan fingerprint density at radius 1 is 1.50 bits per heavy atom. The van der Waals surface area contributed by atoms with Crippen molar-refractivity contribution in [2.75, 3.05) is 26.7 Å². The molecule has 20 heavy (non-hydrogen) atoms. The molecule has 1 N–H and O–H groups in total. The lowest BCUT2D eigenvalue weighted by molar-refractivity contribution is -0.130. The number of amides is 1. The van der Waals surface area contributed by atoms with E-state index in [1.165, 1.54) is 0 Å². The van der Waals surface area contributed by atoms with Gasteiger partial charge < -0.3 is 15.0 Å². The number of nitrogens with zero attached hydrogens (tertiary/aromatic N) is 1. The number of hydrogen-bond donors (Lipinski definition) is 1. The summed E-state index contributed by atoms with van der Waals surface area (Å²) >= 11 is 5.87. The maximum atomic E-state index is 11.9. The van der Waals surface area contributed by atoms with Crippen LogP contribution in [0.1, 0.15) is 20.3 Å². The Hall–Kier alpha value is -1.26. The average Bonchev–Trinajstić information content (AvgIpc) is 2.38. The van der Waals surface area contributed by atoms with Crippen molar-refractivity contribution in [1.29, 1.82) is 0 Å². The van der Waals surface area contributed by atoms with E-state index < -0.39 is 0 Å². The normalized spacial score (nSPS) is 12.0. The number of carbonyl (C=O) groups excluding carboxylic acids is 1. The van der Waals surface area contributed by atoms with Crippen molar-refractivity contribution < 1.29 is 9.53 Å². The number of rotatable bonds is 8. The van der Waals surface area contributed by atoms with Gasteiger partial charge in [-0.3, -0.25) is 4.79 Å². The van der Waals surface area contributed by atoms with E-state index in [0.717, 1.165) is 12.3 Å². The van der Waals surface area contributed by atoms with Crippen molar-refractivity contribution in [2.45, 2.75) is 26.3 Å². The van der Waals surface area contributed by atoms with Crippen LogP contribution in [0.5, 0.6) is 5.75 Å². The van der Waals surface area contributed by atoms with E-state index in [1.807, 2.05) is 26.0 Å². The zero-order valence-corrected chi connectivity index (χ0v) is 13.1. The molecule has 5 heteroatoms. The lowest BCUT2D eigenvalue weighted by atomic mass is 10.2. The predicted molar refractivity (Wildman–Crippen MR) is 82.3 cm³/mol. The second kappa shape index (κ2) is 8.82. The van der Waals surface area contributed by atoms with Gasteiger partial charge in [0.15, 0.2) is 0 Å². The van der Waals surface area contributed by atoms with E-state index in [-0.39, 0.29) is 11.9 Å². The second-order valence-electron chi connectivity index (χ2n) is 4.78. The molecule has 0 spiro atoms. The van der Waals surface area contributed by atoms with Crippen LogP contribution in [0.2, 0.25) is 5.02 Å². The van der Waals surface area contributed by atoms with Crippen LogP contribution in [0, 0.1) is 0 Å². The molecule has 4 nitrogen and oxygen atoms in total. The SMILES string of the molecule is CCNC(C)CC(=O)N(C)CCOc1cccc(Cl)c1. The molecule has 1 rings (SSSR count). The number of nitrogens with one attached hydrogen (secondary N) is 1. The van der Waals surface area contributed by atoms with Crippen molar-refractivity contribution in [3.63, 3.8) is 0 Å². The molecule has 0 heterocycles. The molecule has 0 saturated heterocycles. The Bertz CT molecular complexity index is 426. The molecular formula is C15H23ClN2O2. The van der Waals surface area contributed by atoms with Gasteiger partial charge in [-0.15, -0.1) is 0 Å². The molecule has 1 atom stereocenters. The number of hydrogen-bond acceptors (Lipinski definition) is 3. The first-order valence-electron chi connectivity index (χ1n) is 6.88. The number of benzene rings is 1. The highest BCUT2D eigenvalue weighted by molar-refractivity contribution is 6.30. The fourth-order valence-electron chi connectivity index (χ4n) is 1.82. The highest BCUT2D eigenvalue weighted by atomic mass is 35.5. The molecule has 1 aromatic carbocycles. The Balaban J connectivity index is 2.28. The van der Waals surface area contributed by atoms with E-state index in [4.69, 9.17) is 16.3 Å². The van der Waals surface area contributed by atoms with Crippen LogP contribution in [0.3, 0.4) is 0 Å². The van der Waals surface area contributed by atoms with Gasteiger partial charge in [0.2, 0.25) is 5.91 Å². The van der Waals surface area contributed by atoms with E-state index in [1.54, 1.807) is 24.1 Å². The van der Waals surface area contributed by atoms with Gasteiger partial charge in [-0.05, 0) is 31.7 Å². The highest BCUT2D eigenvalue weighted by Crippen LogP contribution is 2.16. The minimum atomic E-state index is 0.119. The first-order valence-corrected chi connectivity index (χ1v) is 7.26. The second-order valence-corrected chi connectivity index (χ2v) is 5.22. The van der Waals surface area contributed by atoms with Gasteiger partial charge in [0.25, 0.3) is 0 Å². The van der Waals surface area contributed by atoms with Crippen LogP contribution >= 0.6 is 11.6 Å². The first kappa shape index (κ1) is 16.8.